The summed E-state index contributed by atoms with van der Waals surface area (Å²) in [5.74, 6) is 0.227. The Hall–Kier alpha value is -1.14. The van der Waals surface area contributed by atoms with Crippen molar-refractivity contribution in [2.24, 2.45) is 11.8 Å². The van der Waals surface area contributed by atoms with Crippen LogP contribution in [0, 0.1) is 11.8 Å². The Morgan fingerprint density at radius 1 is 0.365 bits per heavy atom. The van der Waals surface area contributed by atoms with E-state index >= 15 is 0 Å². The molecule has 0 aliphatic heterocycles. The Labute approximate surface area is 394 Å². The van der Waals surface area contributed by atoms with E-state index < -0.39 is 5.60 Å². The van der Waals surface area contributed by atoms with Crippen LogP contribution in [-0.4, -0.2) is 60.4 Å². The van der Waals surface area contributed by atoms with E-state index in [2.05, 4.69) is 46.4 Å². The number of ether oxygens (including phenoxy) is 2. The number of hydrogen-bond donors (Lipinski definition) is 1. The first kappa shape index (κ1) is 61.9. The third-order valence-electron chi connectivity index (χ3n) is 13.8. The molecule has 0 aliphatic rings. The van der Waals surface area contributed by atoms with E-state index in [0.717, 1.165) is 141 Å². The maximum atomic E-state index is 13.2. The molecule has 0 radical (unpaired) electrons. The minimum atomic E-state index is -0.610. The minimum Gasteiger partial charge on any atom is -0.465 e. The fourth-order valence-electron chi connectivity index (χ4n) is 9.62. The van der Waals surface area contributed by atoms with E-state index in [0.29, 0.717) is 13.2 Å². The van der Waals surface area contributed by atoms with Crippen molar-refractivity contribution in [3.8, 4) is 0 Å². The molecule has 6 nitrogen and oxygen atoms in total. The van der Waals surface area contributed by atoms with Crippen LogP contribution in [0.15, 0.2) is 0 Å². The van der Waals surface area contributed by atoms with Crippen molar-refractivity contribution in [3.63, 3.8) is 0 Å². The Morgan fingerprint density at radius 2 is 0.651 bits per heavy atom. The van der Waals surface area contributed by atoms with Crippen LogP contribution >= 0.6 is 0 Å². The van der Waals surface area contributed by atoms with Crippen molar-refractivity contribution in [1.29, 1.82) is 0 Å². The highest BCUT2D eigenvalue weighted by Gasteiger charge is 2.26. The van der Waals surface area contributed by atoms with E-state index in [1.54, 1.807) is 0 Å². The third-order valence-corrected chi connectivity index (χ3v) is 13.8. The Balaban J connectivity index is 4.87. The number of carbonyl (C=O) groups is 2. The van der Waals surface area contributed by atoms with Crippen molar-refractivity contribution in [2.75, 3.05) is 32.8 Å². The van der Waals surface area contributed by atoms with Gasteiger partial charge in [-0.3, -0.25) is 9.59 Å². The third kappa shape index (κ3) is 39.7. The van der Waals surface area contributed by atoms with Crippen LogP contribution in [0.2, 0.25) is 0 Å². The van der Waals surface area contributed by atoms with Gasteiger partial charge in [-0.1, -0.05) is 221 Å². The zero-order valence-electron chi connectivity index (χ0n) is 43.7. The lowest BCUT2D eigenvalue weighted by Crippen LogP contribution is -2.30. The zero-order valence-corrected chi connectivity index (χ0v) is 43.7. The molecule has 1 N–H and O–H groups in total. The lowest BCUT2D eigenvalue weighted by molar-refractivity contribution is -0.150. The summed E-state index contributed by atoms with van der Waals surface area (Å²) in [5, 5.41) is 12.0. The van der Waals surface area contributed by atoms with Crippen molar-refractivity contribution in [3.05, 3.63) is 0 Å². The first-order chi connectivity index (χ1) is 30.8. The smallest absolute Gasteiger partial charge is 0.308 e. The monoisotopic (exact) mass is 892 g/mol. The maximum Gasteiger partial charge on any atom is 0.308 e. The predicted octanol–water partition coefficient (Wildman–Crippen LogP) is 17.5. The molecule has 2 atom stereocenters. The lowest BCUT2D eigenvalue weighted by Gasteiger charge is -2.29. The molecule has 6 heteroatoms. The van der Waals surface area contributed by atoms with Crippen LogP contribution in [0.3, 0.4) is 0 Å². The van der Waals surface area contributed by atoms with Gasteiger partial charge in [0.15, 0.2) is 0 Å². The quantitative estimate of drug-likeness (QED) is 0.0484. The molecule has 0 fully saturated rings. The van der Waals surface area contributed by atoms with Gasteiger partial charge in [-0.2, -0.15) is 0 Å². The van der Waals surface area contributed by atoms with Crippen LogP contribution < -0.4 is 0 Å². The molecule has 2 unspecified atom stereocenters. The standard InChI is InChI=1S/C57H113NO5/c1-7-13-17-21-23-25-33-43-53(41-31-19-15-9-3)55(59)62-51-39-29-27-35-45-57(61,47-37-38-50-58(48-11-5)49-12-6)46-36-28-30-40-52-63-56(60)54(42-32-20-16-10-4)44-34-26-24-22-18-14-8-2/h53-54,61H,7-52H2,1-6H3. The van der Waals surface area contributed by atoms with Gasteiger partial charge >= 0.3 is 11.9 Å². The topological polar surface area (TPSA) is 76.1 Å². The van der Waals surface area contributed by atoms with Crippen LogP contribution in [0.1, 0.15) is 305 Å². The molecule has 63 heavy (non-hydrogen) atoms. The second-order valence-electron chi connectivity index (χ2n) is 20.1. The van der Waals surface area contributed by atoms with Gasteiger partial charge in [0.2, 0.25) is 0 Å². The summed E-state index contributed by atoms with van der Waals surface area (Å²) in [7, 11) is 0. The maximum absolute atomic E-state index is 13.2. The van der Waals surface area contributed by atoms with Gasteiger partial charge in [-0.05, 0) is 103 Å². The molecule has 0 spiro atoms. The highest BCUT2D eigenvalue weighted by molar-refractivity contribution is 5.72. The minimum absolute atomic E-state index is 0.0438. The van der Waals surface area contributed by atoms with Crippen molar-refractivity contribution in [1.82, 2.24) is 4.90 Å². The van der Waals surface area contributed by atoms with Crippen molar-refractivity contribution >= 4 is 11.9 Å². The summed E-state index contributed by atoms with van der Waals surface area (Å²) in [6, 6.07) is 0. The molecule has 0 amide bonds. The summed E-state index contributed by atoms with van der Waals surface area (Å²) in [5.41, 5.74) is -0.610. The SMILES string of the molecule is CCCCCCCCCC(CCCCCC)C(=O)OCCCCCCC(O)(CCCCCCOC(=O)C(CCCCCC)CCCCCCCCC)CCCCN(CCC)CCC. The fourth-order valence-corrected chi connectivity index (χ4v) is 9.62. The molecule has 0 aliphatic carbocycles. The van der Waals surface area contributed by atoms with Crippen LogP contribution in [0.4, 0.5) is 0 Å². The van der Waals surface area contributed by atoms with E-state index in [4.69, 9.17) is 9.47 Å². The number of aliphatic hydroxyl groups is 1. The van der Waals surface area contributed by atoms with Gasteiger partial charge in [-0.15, -0.1) is 0 Å². The Bertz CT molecular complexity index is 891. The lowest BCUT2D eigenvalue weighted by atomic mass is 9.85. The molecular weight excluding hydrogens is 779 g/mol. The first-order valence-electron chi connectivity index (χ1n) is 28.6. The highest BCUT2D eigenvalue weighted by Crippen LogP contribution is 2.29. The van der Waals surface area contributed by atoms with Crippen LogP contribution in [0.5, 0.6) is 0 Å². The van der Waals surface area contributed by atoms with Gasteiger partial charge < -0.3 is 19.5 Å². The molecular formula is C57H113NO5. The van der Waals surface area contributed by atoms with E-state index in [1.807, 2.05) is 0 Å². The average Bonchev–Trinajstić information content (AvgIpc) is 3.27. The molecule has 0 heterocycles. The van der Waals surface area contributed by atoms with Gasteiger partial charge in [0, 0.05) is 0 Å². The van der Waals surface area contributed by atoms with Gasteiger partial charge in [0.1, 0.15) is 0 Å². The van der Waals surface area contributed by atoms with E-state index in [-0.39, 0.29) is 23.8 Å². The van der Waals surface area contributed by atoms with Crippen molar-refractivity contribution in [2.45, 2.75) is 310 Å². The Kier molecular flexibility index (Phi) is 46.5. The molecule has 376 valence electrons. The fraction of sp³-hybridized carbons (Fsp3) is 0.965. The summed E-state index contributed by atoms with van der Waals surface area (Å²) in [6.07, 6.45) is 46.8. The summed E-state index contributed by atoms with van der Waals surface area (Å²) >= 11 is 0. The molecule has 0 aromatic carbocycles. The average molecular weight is 893 g/mol. The summed E-state index contributed by atoms with van der Waals surface area (Å²) in [4.78, 5) is 28.9. The number of hydrogen-bond acceptors (Lipinski definition) is 6. The van der Waals surface area contributed by atoms with Gasteiger partial charge in [0.25, 0.3) is 0 Å². The zero-order chi connectivity index (χ0) is 46.3. The van der Waals surface area contributed by atoms with Crippen LogP contribution in [0.25, 0.3) is 0 Å². The molecule has 0 rings (SSSR count). The molecule has 0 aromatic rings. The Morgan fingerprint density at radius 3 is 1.00 bits per heavy atom. The second-order valence-corrected chi connectivity index (χ2v) is 20.1. The summed E-state index contributed by atoms with van der Waals surface area (Å²) in [6.45, 7) is 18.1. The molecule has 0 saturated heterocycles. The van der Waals surface area contributed by atoms with E-state index in [9.17, 15) is 14.7 Å². The number of nitrogens with zero attached hydrogens (tertiary/aromatic N) is 1. The second kappa shape index (κ2) is 47.4. The number of esters is 2. The van der Waals surface area contributed by atoms with E-state index in [1.165, 1.54) is 142 Å². The number of unbranched alkanes of at least 4 members (excludes halogenated alkanes) is 25. The number of rotatable bonds is 51. The predicted molar refractivity (Wildman–Crippen MR) is 274 cm³/mol. The highest BCUT2D eigenvalue weighted by atomic mass is 16.5. The van der Waals surface area contributed by atoms with Crippen LogP contribution in [-0.2, 0) is 19.1 Å². The first-order valence-corrected chi connectivity index (χ1v) is 28.6. The molecule has 0 saturated carbocycles. The molecule has 0 bridgehead atoms. The van der Waals surface area contributed by atoms with Gasteiger partial charge in [0.05, 0.1) is 30.7 Å². The molecule has 0 aromatic heterocycles. The summed E-state index contributed by atoms with van der Waals surface area (Å²) < 4.78 is 11.8. The number of carbonyl (C=O) groups excluding carboxylic acids is 2. The largest absolute Gasteiger partial charge is 0.465 e. The van der Waals surface area contributed by atoms with Crippen molar-refractivity contribution < 1.29 is 24.2 Å². The normalized spacial score (nSPS) is 13.7. The van der Waals surface area contributed by atoms with Gasteiger partial charge in [-0.25, -0.2) is 0 Å².